The molecule has 1 atom stereocenters. The molecule has 2 nitrogen and oxygen atoms in total. The number of carbonyl (C=O) groups excluding carboxylic acids is 1. The third kappa shape index (κ3) is 2.08. The van der Waals surface area contributed by atoms with Crippen molar-refractivity contribution >= 4 is 28.6 Å². The highest BCUT2D eigenvalue weighted by Crippen LogP contribution is 2.34. The highest BCUT2D eigenvalue weighted by atomic mass is 127. The maximum absolute atomic E-state index is 12.6. The zero-order chi connectivity index (χ0) is 8.65. The van der Waals surface area contributed by atoms with Gasteiger partial charge in [-0.1, -0.05) is 0 Å². The molecule has 5 heteroatoms. The third-order valence-corrected chi connectivity index (χ3v) is 2.70. The Morgan fingerprint density at radius 1 is 1.73 bits per heavy atom. The molecule has 64 valence electrons. The Labute approximate surface area is 77.4 Å². The minimum absolute atomic E-state index is 0.184. The van der Waals surface area contributed by atoms with Gasteiger partial charge in [0, 0.05) is 29.3 Å². The van der Waals surface area contributed by atoms with E-state index in [1.54, 1.807) is 22.9 Å². The van der Waals surface area contributed by atoms with Crippen molar-refractivity contribution < 1.29 is 13.6 Å². The van der Waals surface area contributed by atoms with Crippen molar-refractivity contribution in [3.05, 3.63) is 0 Å². The molecule has 0 aliphatic carbocycles. The summed E-state index contributed by atoms with van der Waals surface area (Å²) in [4.78, 5) is 10.8. The molecule has 11 heavy (non-hydrogen) atoms. The molecule has 0 N–H and O–H groups in total. The van der Waals surface area contributed by atoms with Crippen LogP contribution in [0, 0.1) is 0 Å². The summed E-state index contributed by atoms with van der Waals surface area (Å²) in [6.45, 7) is 1.04. The van der Waals surface area contributed by atoms with E-state index in [0.29, 0.717) is 0 Å². The predicted octanol–water partition coefficient (Wildman–Crippen LogP) is 1.64. The highest BCUT2D eigenvalue weighted by Gasteiger charge is 2.45. The fourth-order valence-corrected chi connectivity index (χ4v) is 2.21. The van der Waals surface area contributed by atoms with Crippen LogP contribution in [0.3, 0.4) is 0 Å². The first-order valence-corrected chi connectivity index (χ1v) is 4.19. The van der Waals surface area contributed by atoms with Gasteiger partial charge in [-0.25, -0.2) is 11.9 Å². The number of hydrogen-bond acceptors (Lipinski definition) is 2. The molecule has 0 aromatic carbocycles. The van der Waals surface area contributed by atoms with Crippen LogP contribution in [0.4, 0.5) is 8.78 Å². The fourth-order valence-electron chi connectivity index (χ4n) is 1.12. The number of alkyl halides is 2. The second-order valence-electron chi connectivity index (χ2n) is 2.74. The third-order valence-electron chi connectivity index (χ3n) is 1.68. The molecule has 0 aromatic heterocycles. The molecule has 1 heterocycles. The minimum Gasteiger partial charge on any atom is -0.298 e. The van der Waals surface area contributed by atoms with Crippen molar-refractivity contribution in [3.63, 3.8) is 0 Å². The summed E-state index contributed by atoms with van der Waals surface area (Å²) in [7, 11) is 0. The normalized spacial score (nSPS) is 30.7. The lowest BCUT2D eigenvalue weighted by molar-refractivity contribution is -0.120. The van der Waals surface area contributed by atoms with E-state index >= 15 is 0 Å². The van der Waals surface area contributed by atoms with Crippen LogP contribution in [-0.4, -0.2) is 27.4 Å². The summed E-state index contributed by atoms with van der Waals surface area (Å²) in [6.07, 6.45) is -0.328. The van der Waals surface area contributed by atoms with Crippen LogP contribution in [-0.2, 0) is 4.79 Å². The number of halogens is 3. The van der Waals surface area contributed by atoms with Gasteiger partial charge in [-0.05, 0) is 6.92 Å². The van der Waals surface area contributed by atoms with Gasteiger partial charge in [0.1, 0.15) is 5.78 Å². The minimum atomic E-state index is -2.68. The van der Waals surface area contributed by atoms with Crippen molar-refractivity contribution in [2.45, 2.75) is 25.3 Å². The first-order chi connectivity index (χ1) is 4.92. The lowest BCUT2D eigenvalue weighted by Gasteiger charge is -2.11. The van der Waals surface area contributed by atoms with Crippen LogP contribution in [0.2, 0.25) is 0 Å². The Hall–Kier alpha value is 0.220. The SMILES string of the molecule is CC(=O)C1CC(F)(F)CN1I. The van der Waals surface area contributed by atoms with Gasteiger partial charge in [0.2, 0.25) is 0 Å². The second kappa shape index (κ2) is 2.93. The lowest BCUT2D eigenvalue weighted by atomic mass is 10.1. The smallest absolute Gasteiger partial charge is 0.263 e. The van der Waals surface area contributed by atoms with Gasteiger partial charge < -0.3 is 0 Å². The number of Topliss-reactive ketones (excluding diaryl/α,β-unsaturated/α-hetero) is 1. The molecule has 0 radical (unpaired) electrons. The highest BCUT2D eigenvalue weighted by molar-refractivity contribution is 14.1. The number of ketones is 1. The molecule has 1 aliphatic heterocycles. The average molecular weight is 275 g/mol. The van der Waals surface area contributed by atoms with Crippen molar-refractivity contribution in [1.82, 2.24) is 3.11 Å². The molecule has 1 unspecified atom stereocenters. The van der Waals surface area contributed by atoms with Crippen LogP contribution < -0.4 is 0 Å². The Balaban J connectivity index is 2.66. The van der Waals surface area contributed by atoms with E-state index in [4.69, 9.17) is 0 Å². The monoisotopic (exact) mass is 275 g/mol. The van der Waals surface area contributed by atoms with Gasteiger partial charge in [-0.15, -0.1) is 0 Å². The summed E-state index contributed by atoms with van der Waals surface area (Å²) in [5.74, 6) is -2.87. The molecule has 0 spiro atoms. The summed E-state index contributed by atoms with van der Waals surface area (Å²) in [6, 6.07) is -0.592. The lowest BCUT2D eigenvalue weighted by Crippen LogP contribution is -2.26. The van der Waals surface area contributed by atoms with Gasteiger partial charge in [-0.2, -0.15) is 0 Å². The van der Waals surface area contributed by atoms with Crippen LogP contribution in [0.25, 0.3) is 0 Å². The van der Waals surface area contributed by atoms with E-state index in [0.717, 1.165) is 0 Å². The molecular weight excluding hydrogens is 267 g/mol. The number of hydrogen-bond donors (Lipinski definition) is 0. The number of nitrogens with zero attached hydrogens (tertiary/aromatic N) is 1. The summed E-state index contributed by atoms with van der Waals surface area (Å²) < 4.78 is 26.6. The van der Waals surface area contributed by atoms with E-state index in [1.807, 2.05) is 0 Å². The Bertz CT molecular complexity index is 185. The molecular formula is C6H8F2INO. The Morgan fingerprint density at radius 2 is 2.27 bits per heavy atom. The molecule has 0 bridgehead atoms. The Kier molecular flexibility index (Phi) is 2.48. The quantitative estimate of drug-likeness (QED) is 0.535. The molecule has 0 saturated carbocycles. The maximum Gasteiger partial charge on any atom is 0.263 e. The van der Waals surface area contributed by atoms with E-state index in [-0.39, 0.29) is 18.7 Å². The van der Waals surface area contributed by atoms with E-state index in [1.165, 1.54) is 10.0 Å². The van der Waals surface area contributed by atoms with Gasteiger partial charge in [-0.3, -0.25) is 4.79 Å². The fraction of sp³-hybridized carbons (Fsp3) is 0.833. The molecule has 1 rings (SSSR count). The molecule has 1 fully saturated rings. The molecule has 1 aliphatic rings. The average Bonchev–Trinajstić information content (AvgIpc) is 2.05. The van der Waals surface area contributed by atoms with Gasteiger partial charge in [0.25, 0.3) is 5.92 Å². The largest absolute Gasteiger partial charge is 0.298 e. The van der Waals surface area contributed by atoms with E-state index in [9.17, 15) is 13.6 Å². The zero-order valence-corrected chi connectivity index (χ0v) is 8.14. The summed E-state index contributed by atoms with van der Waals surface area (Å²) in [5, 5.41) is 0. The number of carbonyl (C=O) groups is 1. The van der Waals surface area contributed by atoms with Crippen LogP contribution >= 0.6 is 22.9 Å². The second-order valence-corrected chi connectivity index (χ2v) is 3.98. The van der Waals surface area contributed by atoms with Crippen molar-refractivity contribution in [2.75, 3.05) is 6.54 Å². The van der Waals surface area contributed by atoms with Gasteiger partial charge >= 0.3 is 0 Å². The van der Waals surface area contributed by atoms with Crippen LogP contribution in [0.1, 0.15) is 13.3 Å². The maximum atomic E-state index is 12.6. The van der Waals surface area contributed by atoms with Gasteiger partial charge in [0.15, 0.2) is 0 Å². The van der Waals surface area contributed by atoms with Crippen molar-refractivity contribution in [3.8, 4) is 0 Å². The molecule has 0 amide bonds. The van der Waals surface area contributed by atoms with Gasteiger partial charge in [0.05, 0.1) is 12.6 Å². The van der Waals surface area contributed by atoms with Crippen molar-refractivity contribution in [2.24, 2.45) is 0 Å². The zero-order valence-electron chi connectivity index (χ0n) is 5.98. The summed E-state index contributed by atoms with van der Waals surface area (Å²) in [5.41, 5.74) is 0. The first-order valence-electron chi connectivity index (χ1n) is 3.23. The first kappa shape index (κ1) is 9.31. The van der Waals surface area contributed by atoms with E-state index < -0.39 is 12.0 Å². The number of rotatable bonds is 1. The van der Waals surface area contributed by atoms with Crippen LogP contribution in [0.15, 0.2) is 0 Å². The Morgan fingerprint density at radius 3 is 2.45 bits per heavy atom. The van der Waals surface area contributed by atoms with E-state index in [2.05, 4.69) is 0 Å². The molecule has 1 saturated heterocycles. The van der Waals surface area contributed by atoms with Crippen LogP contribution in [0.5, 0.6) is 0 Å². The van der Waals surface area contributed by atoms with Crippen molar-refractivity contribution in [1.29, 1.82) is 0 Å². The predicted molar refractivity (Wildman–Crippen MR) is 44.8 cm³/mol. The topological polar surface area (TPSA) is 20.3 Å². The summed E-state index contributed by atoms with van der Waals surface area (Å²) >= 11 is 1.77. The standard InChI is InChI=1S/C6H8F2INO/c1-4(11)5-2-6(7,8)3-10(5)9/h5H,2-3H2,1H3. The molecule has 0 aromatic rings.